The van der Waals surface area contributed by atoms with E-state index in [9.17, 15) is 0 Å². The summed E-state index contributed by atoms with van der Waals surface area (Å²) in [6.07, 6.45) is 3.18. The minimum atomic E-state index is 0.439. The molecule has 1 aromatic carbocycles. The van der Waals surface area contributed by atoms with E-state index in [0.717, 1.165) is 31.6 Å². The van der Waals surface area contributed by atoms with Gasteiger partial charge >= 0.3 is 0 Å². The molecule has 0 amide bonds. The summed E-state index contributed by atoms with van der Waals surface area (Å²) in [6.45, 7) is 2.98. The zero-order chi connectivity index (χ0) is 11.4. The minimum absolute atomic E-state index is 0.439. The number of benzene rings is 1. The van der Waals surface area contributed by atoms with Crippen molar-refractivity contribution in [2.45, 2.75) is 26.2 Å². The van der Waals surface area contributed by atoms with Crippen molar-refractivity contribution in [3.05, 3.63) is 35.4 Å². The fourth-order valence-electron chi connectivity index (χ4n) is 2.28. The third kappa shape index (κ3) is 2.25. The molecule has 0 spiro atoms. The normalized spacial score (nSPS) is 16.2. The Hall–Kier alpha value is -1.35. The van der Waals surface area contributed by atoms with Crippen LogP contribution in [0, 0.1) is 5.92 Å². The van der Waals surface area contributed by atoms with E-state index in [1.165, 1.54) is 11.1 Å². The molecule has 3 nitrogen and oxygen atoms in total. The van der Waals surface area contributed by atoms with Gasteiger partial charge in [0.15, 0.2) is 0 Å². The van der Waals surface area contributed by atoms with E-state index in [2.05, 4.69) is 41.6 Å². The van der Waals surface area contributed by atoms with Crippen LogP contribution in [0.3, 0.4) is 0 Å². The average Bonchev–Trinajstić information content (AvgIpc) is 2.73. The predicted molar refractivity (Wildman–Crippen MR) is 67.3 cm³/mol. The van der Waals surface area contributed by atoms with Gasteiger partial charge in [-0.1, -0.05) is 31.2 Å². The van der Waals surface area contributed by atoms with E-state index in [0.29, 0.717) is 5.92 Å². The molecule has 0 saturated carbocycles. The van der Waals surface area contributed by atoms with Gasteiger partial charge in [-0.05, 0) is 30.4 Å². The van der Waals surface area contributed by atoms with Crippen LogP contribution >= 0.6 is 0 Å². The van der Waals surface area contributed by atoms with Crippen molar-refractivity contribution in [3.63, 3.8) is 0 Å². The van der Waals surface area contributed by atoms with Crippen molar-refractivity contribution in [3.8, 4) is 0 Å². The van der Waals surface area contributed by atoms with E-state index in [4.69, 9.17) is 5.84 Å². The van der Waals surface area contributed by atoms with Crippen LogP contribution in [0.25, 0.3) is 0 Å². The summed E-state index contributed by atoms with van der Waals surface area (Å²) in [4.78, 5) is 4.51. The molecule has 0 atom stereocenters. The highest BCUT2D eigenvalue weighted by molar-refractivity contribution is 5.85. The third-order valence-electron chi connectivity index (χ3n) is 3.09. The van der Waals surface area contributed by atoms with Gasteiger partial charge in [-0.2, -0.15) is 0 Å². The molecular weight excluding hydrogens is 198 g/mol. The molecule has 0 aliphatic heterocycles. The van der Waals surface area contributed by atoms with Crippen LogP contribution in [0.15, 0.2) is 29.3 Å². The molecule has 3 N–H and O–H groups in total. The summed E-state index contributed by atoms with van der Waals surface area (Å²) in [7, 11) is 0. The second kappa shape index (κ2) is 5.12. The highest BCUT2D eigenvalue weighted by Crippen LogP contribution is 2.26. The van der Waals surface area contributed by atoms with Gasteiger partial charge in [0.25, 0.3) is 0 Å². The Labute approximate surface area is 96.7 Å². The largest absolute Gasteiger partial charge is 0.312 e. The highest BCUT2D eigenvalue weighted by Gasteiger charge is 2.24. The van der Waals surface area contributed by atoms with Crippen molar-refractivity contribution in [2.75, 3.05) is 6.54 Å². The number of aliphatic imine (C=N–C) groups is 1. The molecule has 0 heterocycles. The number of fused-ring (bicyclic) bond motifs is 1. The highest BCUT2D eigenvalue weighted by atomic mass is 15.3. The van der Waals surface area contributed by atoms with Crippen molar-refractivity contribution in [1.82, 2.24) is 5.43 Å². The molecule has 0 radical (unpaired) electrons. The van der Waals surface area contributed by atoms with E-state index in [-0.39, 0.29) is 0 Å². The fraction of sp³-hybridized carbons (Fsp3) is 0.462. The van der Waals surface area contributed by atoms with Crippen molar-refractivity contribution < 1.29 is 0 Å². The first kappa shape index (κ1) is 11.1. The van der Waals surface area contributed by atoms with E-state index < -0.39 is 0 Å². The Morgan fingerprint density at radius 1 is 1.38 bits per heavy atom. The smallest absolute Gasteiger partial charge is 0.114 e. The maximum absolute atomic E-state index is 5.55. The van der Waals surface area contributed by atoms with Crippen molar-refractivity contribution >= 4 is 5.84 Å². The Morgan fingerprint density at radius 2 is 2.00 bits per heavy atom. The lowest BCUT2D eigenvalue weighted by Gasteiger charge is -2.12. The molecule has 0 aromatic heterocycles. The molecule has 0 unspecified atom stereocenters. The van der Waals surface area contributed by atoms with Crippen LogP contribution in [0.2, 0.25) is 0 Å². The number of amidine groups is 1. The molecule has 1 aliphatic carbocycles. The Morgan fingerprint density at radius 3 is 2.50 bits per heavy atom. The molecule has 0 bridgehead atoms. The number of hydrogen-bond acceptors (Lipinski definition) is 2. The van der Waals surface area contributed by atoms with Crippen LogP contribution in [0.4, 0.5) is 0 Å². The summed E-state index contributed by atoms with van der Waals surface area (Å²) >= 11 is 0. The molecule has 1 aromatic rings. The number of nitrogens with one attached hydrogen (secondary N) is 1. The van der Waals surface area contributed by atoms with Gasteiger partial charge in [0.2, 0.25) is 0 Å². The maximum atomic E-state index is 5.55. The van der Waals surface area contributed by atoms with Crippen LogP contribution in [0.5, 0.6) is 0 Å². The first-order chi connectivity index (χ1) is 7.85. The van der Waals surface area contributed by atoms with Gasteiger partial charge in [-0.25, -0.2) is 5.84 Å². The van der Waals surface area contributed by atoms with Gasteiger partial charge in [-0.3, -0.25) is 4.99 Å². The first-order valence-corrected chi connectivity index (χ1v) is 5.93. The zero-order valence-corrected chi connectivity index (χ0v) is 9.74. The minimum Gasteiger partial charge on any atom is -0.312 e. The van der Waals surface area contributed by atoms with Gasteiger partial charge in [-0.15, -0.1) is 0 Å². The van der Waals surface area contributed by atoms with Gasteiger partial charge in [0.05, 0.1) is 0 Å². The molecule has 0 fully saturated rings. The second-order valence-corrected chi connectivity index (χ2v) is 4.29. The van der Waals surface area contributed by atoms with Crippen molar-refractivity contribution in [1.29, 1.82) is 0 Å². The quantitative estimate of drug-likeness (QED) is 0.350. The summed E-state index contributed by atoms with van der Waals surface area (Å²) in [5.41, 5.74) is 5.64. The topological polar surface area (TPSA) is 50.4 Å². The van der Waals surface area contributed by atoms with Gasteiger partial charge in [0, 0.05) is 12.5 Å². The number of hydrazine groups is 1. The maximum Gasteiger partial charge on any atom is 0.114 e. The molecule has 2 rings (SSSR count). The lowest BCUT2D eigenvalue weighted by molar-refractivity contribution is 0.701. The van der Waals surface area contributed by atoms with Gasteiger partial charge in [0.1, 0.15) is 5.84 Å². The number of nitrogens with zero attached hydrogens (tertiary/aromatic N) is 1. The van der Waals surface area contributed by atoms with Gasteiger partial charge < -0.3 is 5.43 Å². The first-order valence-electron chi connectivity index (χ1n) is 5.93. The molecule has 16 heavy (non-hydrogen) atoms. The summed E-state index contributed by atoms with van der Waals surface area (Å²) in [5.74, 6) is 6.94. The van der Waals surface area contributed by atoms with E-state index in [1.54, 1.807) is 0 Å². The third-order valence-corrected chi connectivity index (χ3v) is 3.09. The fourth-order valence-corrected chi connectivity index (χ4v) is 2.28. The Bertz CT molecular complexity index is 360. The van der Waals surface area contributed by atoms with Crippen LogP contribution in [-0.4, -0.2) is 12.4 Å². The Balaban J connectivity index is 2.09. The molecule has 0 saturated heterocycles. The lowest BCUT2D eigenvalue weighted by atomic mass is 10.1. The lowest BCUT2D eigenvalue weighted by Crippen LogP contribution is -2.36. The number of hydrogen-bond donors (Lipinski definition) is 2. The SMILES string of the molecule is CCCN=C(NN)C1Cc2ccccc2C1. The Kier molecular flexibility index (Phi) is 3.57. The molecule has 1 aliphatic rings. The monoisotopic (exact) mass is 217 g/mol. The summed E-state index contributed by atoms with van der Waals surface area (Å²) < 4.78 is 0. The standard InChI is InChI=1S/C13H19N3/c1-2-7-15-13(16-14)12-8-10-5-3-4-6-11(10)9-12/h3-6,12H,2,7-9,14H2,1H3,(H,15,16). The molecule has 3 heteroatoms. The second-order valence-electron chi connectivity index (χ2n) is 4.29. The van der Waals surface area contributed by atoms with Crippen LogP contribution in [0.1, 0.15) is 24.5 Å². The van der Waals surface area contributed by atoms with Crippen molar-refractivity contribution in [2.24, 2.45) is 16.8 Å². The molecular formula is C13H19N3. The van der Waals surface area contributed by atoms with Crippen LogP contribution in [-0.2, 0) is 12.8 Å². The van der Waals surface area contributed by atoms with E-state index in [1.807, 2.05) is 0 Å². The average molecular weight is 217 g/mol. The number of nitrogens with two attached hydrogens (primary N) is 1. The predicted octanol–water partition coefficient (Wildman–Crippen LogP) is 1.67. The van der Waals surface area contributed by atoms with Crippen LogP contribution < -0.4 is 11.3 Å². The molecule has 86 valence electrons. The summed E-state index contributed by atoms with van der Waals surface area (Å²) in [5, 5.41) is 0. The van der Waals surface area contributed by atoms with E-state index >= 15 is 0 Å². The summed E-state index contributed by atoms with van der Waals surface area (Å²) in [6, 6.07) is 8.59. The zero-order valence-electron chi connectivity index (χ0n) is 9.74. The number of rotatable bonds is 3.